The van der Waals surface area contributed by atoms with E-state index in [1.54, 1.807) is 6.20 Å². The molecule has 0 amide bonds. The predicted octanol–water partition coefficient (Wildman–Crippen LogP) is 5.18. The monoisotopic (exact) mass is 323 g/mol. The van der Waals surface area contributed by atoms with Crippen LogP contribution in [0.5, 0.6) is 0 Å². The number of benzene rings is 1. The van der Waals surface area contributed by atoms with Gasteiger partial charge in [0.1, 0.15) is 0 Å². The molecule has 0 aliphatic rings. The zero-order valence-corrected chi connectivity index (χ0v) is 13.9. The van der Waals surface area contributed by atoms with Crippen LogP contribution in [-0.4, -0.2) is 15.0 Å². The van der Waals surface area contributed by atoms with Crippen LogP contribution >= 0.6 is 0 Å². The Morgan fingerprint density at radius 1 is 0.560 bits per heavy atom. The summed E-state index contributed by atoms with van der Waals surface area (Å²) in [6, 6.07) is 24.3. The fourth-order valence-corrected chi connectivity index (χ4v) is 2.73. The lowest BCUT2D eigenvalue weighted by atomic mass is 10.0. The number of aromatic nitrogens is 3. The van der Waals surface area contributed by atoms with Gasteiger partial charge in [-0.15, -0.1) is 0 Å². The summed E-state index contributed by atoms with van der Waals surface area (Å²) in [4.78, 5) is 13.8. The lowest BCUT2D eigenvalue weighted by molar-refractivity contribution is 1.24. The van der Waals surface area contributed by atoms with Crippen LogP contribution in [0.25, 0.3) is 33.9 Å². The van der Waals surface area contributed by atoms with Crippen molar-refractivity contribution in [2.75, 3.05) is 0 Å². The van der Waals surface area contributed by atoms with E-state index in [1.807, 2.05) is 48.7 Å². The van der Waals surface area contributed by atoms with Crippen molar-refractivity contribution in [2.24, 2.45) is 0 Å². The molecule has 4 aromatic rings. The smallest absolute Gasteiger partial charge is 0.0900 e. The second kappa shape index (κ2) is 6.65. The molecule has 3 heteroatoms. The third kappa shape index (κ3) is 3.31. The van der Waals surface area contributed by atoms with E-state index in [1.165, 1.54) is 5.56 Å². The lowest BCUT2D eigenvalue weighted by Gasteiger charge is -2.09. The molecule has 3 heterocycles. The Bertz CT molecular complexity index is 921. The molecule has 120 valence electrons. The number of pyridine rings is 3. The number of hydrogen-bond acceptors (Lipinski definition) is 3. The second-order valence-electron chi connectivity index (χ2n) is 5.92. The molecule has 0 unspecified atom stereocenters. The molecule has 0 saturated heterocycles. The first-order chi connectivity index (χ1) is 12.3. The first-order valence-electron chi connectivity index (χ1n) is 8.21. The summed E-state index contributed by atoms with van der Waals surface area (Å²) >= 11 is 0. The maximum Gasteiger partial charge on any atom is 0.0900 e. The molecule has 0 spiro atoms. The average molecular weight is 323 g/mol. The Kier molecular flexibility index (Phi) is 4.05. The summed E-state index contributed by atoms with van der Waals surface area (Å²) in [7, 11) is 0. The Balaban J connectivity index is 1.90. The summed E-state index contributed by atoms with van der Waals surface area (Å²) in [6.45, 7) is 2.08. The Morgan fingerprint density at radius 2 is 1.20 bits per heavy atom. The van der Waals surface area contributed by atoms with Gasteiger partial charge in [0.25, 0.3) is 0 Å². The molecule has 0 aliphatic carbocycles. The van der Waals surface area contributed by atoms with Gasteiger partial charge in [0.15, 0.2) is 0 Å². The SMILES string of the molecule is Cc1ccc(-c2cc(-c3ccccn3)cc(-c3ccccn3)n2)cc1. The van der Waals surface area contributed by atoms with Crippen LogP contribution in [0.2, 0.25) is 0 Å². The van der Waals surface area contributed by atoms with Gasteiger partial charge in [-0.2, -0.15) is 0 Å². The molecule has 1 aromatic carbocycles. The highest BCUT2D eigenvalue weighted by Gasteiger charge is 2.10. The third-order valence-electron chi connectivity index (χ3n) is 4.06. The van der Waals surface area contributed by atoms with Gasteiger partial charge in [0, 0.05) is 23.5 Å². The molecule has 0 atom stereocenters. The number of rotatable bonds is 3. The maximum absolute atomic E-state index is 4.84. The van der Waals surface area contributed by atoms with Crippen molar-refractivity contribution in [2.45, 2.75) is 6.92 Å². The first kappa shape index (κ1) is 15.2. The van der Waals surface area contributed by atoms with Gasteiger partial charge in [-0.3, -0.25) is 9.97 Å². The predicted molar refractivity (Wildman–Crippen MR) is 101 cm³/mol. The quantitative estimate of drug-likeness (QED) is 0.521. The molecule has 0 aliphatic heterocycles. The van der Waals surface area contributed by atoms with E-state index in [4.69, 9.17) is 4.98 Å². The Morgan fingerprint density at radius 3 is 1.84 bits per heavy atom. The van der Waals surface area contributed by atoms with E-state index in [0.717, 1.165) is 33.9 Å². The first-order valence-corrected chi connectivity index (χ1v) is 8.21. The minimum Gasteiger partial charge on any atom is -0.256 e. The van der Waals surface area contributed by atoms with Gasteiger partial charge in [-0.1, -0.05) is 42.0 Å². The van der Waals surface area contributed by atoms with Gasteiger partial charge >= 0.3 is 0 Å². The molecule has 0 saturated carbocycles. The van der Waals surface area contributed by atoms with Crippen LogP contribution in [0.3, 0.4) is 0 Å². The van der Waals surface area contributed by atoms with Gasteiger partial charge in [0.05, 0.1) is 22.8 Å². The molecule has 0 bridgehead atoms. The van der Waals surface area contributed by atoms with Gasteiger partial charge in [-0.25, -0.2) is 4.98 Å². The molecule has 0 N–H and O–H groups in total. The Labute approximate surface area is 147 Å². The van der Waals surface area contributed by atoms with Gasteiger partial charge < -0.3 is 0 Å². The van der Waals surface area contributed by atoms with Gasteiger partial charge in [-0.05, 0) is 43.3 Å². The number of nitrogens with zero attached hydrogens (tertiary/aromatic N) is 3. The second-order valence-corrected chi connectivity index (χ2v) is 5.92. The maximum atomic E-state index is 4.84. The van der Waals surface area contributed by atoms with Crippen molar-refractivity contribution in [1.82, 2.24) is 15.0 Å². The van der Waals surface area contributed by atoms with Crippen molar-refractivity contribution < 1.29 is 0 Å². The number of aryl methyl sites for hydroxylation is 1. The van der Waals surface area contributed by atoms with Gasteiger partial charge in [0.2, 0.25) is 0 Å². The van der Waals surface area contributed by atoms with E-state index < -0.39 is 0 Å². The number of hydrogen-bond donors (Lipinski definition) is 0. The van der Waals surface area contributed by atoms with Crippen LogP contribution in [-0.2, 0) is 0 Å². The molecular formula is C22H17N3. The normalized spacial score (nSPS) is 10.6. The van der Waals surface area contributed by atoms with Crippen LogP contribution < -0.4 is 0 Å². The molecule has 0 fully saturated rings. The molecule has 3 nitrogen and oxygen atoms in total. The van der Waals surface area contributed by atoms with Crippen molar-refractivity contribution >= 4 is 0 Å². The van der Waals surface area contributed by atoms with Crippen LogP contribution in [0.15, 0.2) is 85.2 Å². The summed E-state index contributed by atoms with van der Waals surface area (Å²) in [5, 5.41) is 0. The summed E-state index contributed by atoms with van der Waals surface area (Å²) in [5.41, 5.74) is 6.90. The summed E-state index contributed by atoms with van der Waals surface area (Å²) in [5.74, 6) is 0. The van der Waals surface area contributed by atoms with Crippen LogP contribution in [0, 0.1) is 6.92 Å². The molecular weight excluding hydrogens is 306 g/mol. The van der Waals surface area contributed by atoms with Crippen LogP contribution in [0.4, 0.5) is 0 Å². The molecule has 3 aromatic heterocycles. The third-order valence-corrected chi connectivity index (χ3v) is 4.06. The molecule has 4 rings (SSSR count). The largest absolute Gasteiger partial charge is 0.256 e. The van der Waals surface area contributed by atoms with E-state index in [9.17, 15) is 0 Å². The Hall–Kier alpha value is -3.33. The van der Waals surface area contributed by atoms with E-state index in [2.05, 4.69) is 47.2 Å². The van der Waals surface area contributed by atoms with E-state index in [0.29, 0.717) is 0 Å². The van der Waals surface area contributed by atoms with Crippen molar-refractivity contribution in [3.05, 3.63) is 90.8 Å². The molecule has 25 heavy (non-hydrogen) atoms. The highest BCUT2D eigenvalue weighted by molar-refractivity contribution is 5.74. The fraction of sp³-hybridized carbons (Fsp3) is 0.0455. The van der Waals surface area contributed by atoms with Crippen molar-refractivity contribution in [3.63, 3.8) is 0 Å². The average Bonchev–Trinajstić information content (AvgIpc) is 2.69. The highest BCUT2D eigenvalue weighted by atomic mass is 14.8. The van der Waals surface area contributed by atoms with E-state index in [-0.39, 0.29) is 0 Å². The fourth-order valence-electron chi connectivity index (χ4n) is 2.73. The zero-order valence-electron chi connectivity index (χ0n) is 13.9. The van der Waals surface area contributed by atoms with Crippen molar-refractivity contribution in [3.8, 4) is 33.9 Å². The lowest BCUT2D eigenvalue weighted by Crippen LogP contribution is -1.93. The zero-order chi connectivity index (χ0) is 17.1. The highest BCUT2D eigenvalue weighted by Crippen LogP contribution is 2.28. The van der Waals surface area contributed by atoms with Crippen molar-refractivity contribution in [1.29, 1.82) is 0 Å². The van der Waals surface area contributed by atoms with E-state index >= 15 is 0 Å². The topological polar surface area (TPSA) is 38.7 Å². The molecule has 0 radical (unpaired) electrons. The summed E-state index contributed by atoms with van der Waals surface area (Å²) in [6.07, 6.45) is 3.59. The minimum absolute atomic E-state index is 0.847. The standard InChI is InChI=1S/C22H17N3/c1-16-8-10-17(11-9-16)21-14-18(19-6-2-4-12-23-19)15-22(25-21)20-7-3-5-13-24-20/h2-15H,1H3. The van der Waals surface area contributed by atoms with Crippen LogP contribution in [0.1, 0.15) is 5.56 Å². The minimum atomic E-state index is 0.847. The summed E-state index contributed by atoms with van der Waals surface area (Å²) < 4.78 is 0.